The van der Waals surface area contributed by atoms with Gasteiger partial charge >= 0.3 is 6.09 Å². The first-order valence-electron chi connectivity index (χ1n) is 13.2. The number of nitrogens with zero attached hydrogens (tertiary/aromatic N) is 3. The maximum Gasteiger partial charge on any atom is 0.406 e. The van der Waals surface area contributed by atoms with Gasteiger partial charge in [0.25, 0.3) is 5.91 Å². The summed E-state index contributed by atoms with van der Waals surface area (Å²) in [5.41, 5.74) is 2.89. The molecule has 2 amide bonds. The minimum absolute atomic E-state index is 0.102. The topological polar surface area (TPSA) is 85.7 Å². The summed E-state index contributed by atoms with van der Waals surface area (Å²) >= 11 is 0. The molecule has 1 aliphatic carbocycles. The molecule has 2 fully saturated rings. The predicted octanol–water partition coefficient (Wildman–Crippen LogP) is 4.58. The molecule has 36 heavy (non-hydrogen) atoms. The van der Waals surface area contributed by atoms with Crippen molar-refractivity contribution in [1.82, 2.24) is 20.0 Å². The summed E-state index contributed by atoms with van der Waals surface area (Å²) in [5, 5.41) is 7.78. The summed E-state index contributed by atoms with van der Waals surface area (Å²) in [6.45, 7) is 8.30. The zero-order chi connectivity index (χ0) is 25.7. The molecule has 0 unspecified atom stereocenters. The Morgan fingerprint density at radius 3 is 2.61 bits per heavy atom. The SMILES string of the molecule is COC(=O)NCCCn1nc([C@@H](C)N(C(=O)[C@H]2CCCCO2)C2CC2)cc1C(C)(C)c1ccccc1. The first kappa shape index (κ1) is 26.2. The number of carbonyl (C=O) groups excluding carboxylic acids is 2. The smallest absolute Gasteiger partial charge is 0.406 e. The van der Waals surface area contributed by atoms with Crippen molar-refractivity contribution in [3.63, 3.8) is 0 Å². The maximum absolute atomic E-state index is 13.5. The fraction of sp³-hybridized carbons (Fsp3) is 0.607. The number of rotatable bonds is 10. The maximum atomic E-state index is 13.5. The minimum atomic E-state index is -0.432. The minimum Gasteiger partial charge on any atom is -0.453 e. The molecule has 1 aromatic heterocycles. The molecule has 196 valence electrons. The average molecular weight is 497 g/mol. The molecule has 8 nitrogen and oxygen atoms in total. The van der Waals surface area contributed by atoms with Crippen LogP contribution < -0.4 is 5.32 Å². The Morgan fingerprint density at radius 2 is 1.97 bits per heavy atom. The number of aromatic nitrogens is 2. The summed E-state index contributed by atoms with van der Waals surface area (Å²) in [6.07, 6.45) is 4.86. The van der Waals surface area contributed by atoms with E-state index in [0.29, 0.717) is 26.1 Å². The van der Waals surface area contributed by atoms with E-state index in [1.807, 2.05) is 15.6 Å². The van der Waals surface area contributed by atoms with Crippen LogP contribution in [0.1, 0.15) is 82.3 Å². The van der Waals surface area contributed by atoms with Crippen LogP contribution in [0.2, 0.25) is 0 Å². The molecule has 0 spiro atoms. The summed E-state index contributed by atoms with van der Waals surface area (Å²) < 4.78 is 12.6. The van der Waals surface area contributed by atoms with Crippen LogP contribution in [0.5, 0.6) is 0 Å². The molecule has 2 heterocycles. The van der Waals surface area contributed by atoms with Gasteiger partial charge in [0.2, 0.25) is 0 Å². The molecule has 0 radical (unpaired) electrons. The first-order valence-corrected chi connectivity index (χ1v) is 13.2. The van der Waals surface area contributed by atoms with Crippen molar-refractivity contribution in [2.24, 2.45) is 0 Å². The Balaban J connectivity index is 1.61. The molecular weight excluding hydrogens is 456 g/mol. The van der Waals surface area contributed by atoms with Gasteiger partial charge in [-0.15, -0.1) is 0 Å². The number of alkyl carbamates (subject to hydrolysis) is 1. The van der Waals surface area contributed by atoms with E-state index in [9.17, 15) is 9.59 Å². The molecular formula is C28H40N4O4. The van der Waals surface area contributed by atoms with Crippen LogP contribution in [0.4, 0.5) is 4.79 Å². The second kappa shape index (κ2) is 11.5. The van der Waals surface area contributed by atoms with Gasteiger partial charge in [-0.2, -0.15) is 5.10 Å². The van der Waals surface area contributed by atoms with Gasteiger partial charge in [0.1, 0.15) is 6.10 Å². The molecule has 2 aromatic rings. The second-order valence-corrected chi connectivity index (χ2v) is 10.4. The van der Waals surface area contributed by atoms with E-state index in [0.717, 1.165) is 43.5 Å². The summed E-state index contributed by atoms with van der Waals surface area (Å²) in [4.78, 5) is 27.0. The number of ether oxygens (including phenoxy) is 2. The number of hydrogen-bond acceptors (Lipinski definition) is 5. The van der Waals surface area contributed by atoms with E-state index in [1.54, 1.807) is 0 Å². The van der Waals surface area contributed by atoms with Crippen LogP contribution in [0.25, 0.3) is 0 Å². The lowest BCUT2D eigenvalue weighted by Crippen LogP contribution is -2.44. The van der Waals surface area contributed by atoms with Crippen LogP contribution in [-0.2, 0) is 26.2 Å². The molecule has 2 aliphatic rings. The Labute approximate surface area is 214 Å². The number of carbonyl (C=O) groups is 2. The van der Waals surface area contributed by atoms with Crippen molar-refractivity contribution < 1.29 is 19.1 Å². The average Bonchev–Trinajstić information content (AvgIpc) is 3.64. The second-order valence-electron chi connectivity index (χ2n) is 10.4. The molecule has 1 aliphatic heterocycles. The number of amides is 2. The molecule has 8 heteroatoms. The third-order valence-corrected chi connectivity index (χ3v) is 7.43. The summed E-state index contributed by atoms with van der Waals surface area (Å²) in [6, 6.07) is 12.7. The van der Waals surface area contributed by atoms with Crippen LogP contribution in [0.15, 0.2) is 36.4 Å². The van der Waals surface area contributed by atoms with Crippen molar-refractivity contribution in [2.75, 3.05) is 20.3 Å². The van der Waals surface area contributed by atoms with Gasteiger partial charge in [-0.1, -0.05) is 44.2 Å². The monoisotopic (exact) mass is 496 g/mol. The summed E-state index contributed by atoms with van der Waals surface area (Å²) in [7, 11) is 1.36. The van der Waals surface area contributed by atoms with Gasteiger partial charge in [-0.05, 0) is 57.1 Å². The highest BCUT2D eigenvalue weighted by atomic mass is 16.5. The van der Waals surface area contributed by atoms with Gasteiger partial charge in [-0.25, -0.2) is 4.79 Å². The van der Waals surface area contributed by atoms with Gasteiger partial charge in [0.15, 0.2) is 0 Å². The number of hydrogen-bond donors (Lipinski definition) is 1. The molecule has 1 saturated carbocycles. The fourth-order valence-electron chi connectivity index (χ4n) is 5.09. The first-order chi connectivity index (χ1) is 17.3. The zero-order valence-corrected chi connectivity index (χ0v) is 22.0. The van der Waals surface area contributed by atoms with E-state index < -0.39 is 6.09 Å². The number of benzene rings is 1. The summed E-state index contributed by atoms with van der Waals surface area (Å²) in [5.74, 6) is 0.102. The molecule has 2 atom stereocenters. The van der Waals surface area contributed by atoms with E-state index in [2.05, 4.69) is 61.2 Å². The lowest BCUT2D eigenvalue weighted by atomic mass is 9.81. The lowest BCUT2D eigenvalue weighted by Gasteiger charge is -2.33. The van der Waals surface area contributed by atoms with Crippen molar-refractivity contribution in [1.29, 1.82) is 0 Å². The van der Waals surface area contributed by atoms with Crippen molar-refractivity contribution in [3.05, 3.63) is 53.3 Å². The van der Waals surface area contributed by atoms with E-state index in [4.69, 9.17) is 9.84 Å². The van der Waals surface area contributed by atoms with E-state index >= 15 is 0 Å². The standard InChI is InChI=1S/C28H40N4O4/c1-20(32(22-14-15-22)26(33)24-13-8-9-18-36-24)23-19-25(28(2,3)21-11-6-5-7-12-21)31(30-23)17-10-16-29-27(34)35-4/h5-7,11-12,19-20,22,24H,8-10,13-18H2,1-4H3,(H,29,34)/t20-,24-/m1/s1. The fourth-order valence-corrected chi connectivity index (χ4v) is 5.09. The van der Waals surface area contributed by atoms with Crippen LogP contribution in [0.3, 0.4) is 0 Å². The molecule has 1 saturated heterocycles. The third kappa shape index (κ3) is 5.91. The van der Waals surface area contributed by atoms with E-state index in [1.165, 1.54) is 12.7 Å². The highest BCUT2D eigenvalue weighted by Crippen LogP contribution is 2.38. The van der Waals surface area contributed by atoms with Crippen LogP contribution >= 0.6 is 0 Å². The van der Waals surface area contributed by atoms with E-state index in [-0.39, 0.29) is 29.5 Å². The molecule has 1 N–H and O–H groups in total. The highest BCUT2D eigenvalue weighted by molar-refractivity contribution is 5.82. The van der Waals surface area contributed by atoms with Gasteiger partial charge < -0.3 is 19.7 Å². The highest BCUT2D eigenvalue weighted by Gasteiger charge is 2.41. The lowest BCUT2D eigenvalue weighted by molar-refractivity contribution is -0.149. The Bertz CT molecular complexity index is 1030. The number of aryl methyl sites for hydroxylation is 1. The number of nitrogens with one attached hydrogen (secondary N) is 1. The number of methoxy groups -OCH3 is 1. The largest absolute Gasteiger partial charge is 0.453 e. The van der Waals surface area contributed by atoms with Gasteiger partial charge in [0, 0.05) is 36.8 Å². The molecule has 1 aromatic carbocycles. The van der Waals surface area contributed by atoms with Crippen LogP contribution in [-0.4, -0.2) is 59.1 Å². The van der Waals surface area contributed by atoms with Gasteiger partial charge in [0.05, 0.1) is 18.8 Å². The normalized spacial score (nSPS) is 18.9. The van der Waals surface area contributed by atoms with Crippen molar-refractivity contribution in [3.8, 4) is 0 Å². The molecule has 4 rings (SSSR count). The zero-order valence-electron chi connectivity index (χ0n) is 22.0. The molecule has 0 bridgehead atoms. The Hall–Kier alpha value is -2.87. The van der Waals surface area contributed by atoms with Crippen molar-refractivity contribution >= 4 is 12.0 Å². The van der Waals surface area contributed by atoms with Gasteiger partial charge in [-0.3, -0.25) is 9.48 Å². The third-order valence-electron chi connectivity index (χ3n) is 7.43. The predicted molar refractivity (Wildman–Crippen MR) is 138 cm³/mol. The quantitative estimate of drug-likeness (QED) is 0.487. The van der Waals surface area contributed by atoms with Crippen molar-refractivity contribution in [2.45, 2.75) is 89.4 Å². The Morgan fingerprint density at radius 1 is 1.22 bits per heavy atom. The Kier molecular flexibility index (Phi) is 8.34. The van der Waals surface area contributed by atoms with Crippen LogP contribution in [0, 0.1) is 0 Å².